The Labute approximate surface area is 303 Å². The number of pyridine rings is 1. The molecule has 8 rings (SSSR count). The van der Waals surface area contributed by atoms with Gasteiger partial charge in [0.1, 0.15) is 11.6 Å². The molecule has 2 aromatic heterocycles. The highest BCUT2D eigenvalue weighted by Crippen LogP contribution is 2.41. The number of aromatic nitrogens is 3. The maximum absolute atomic E-state index is 15.0. The summed E-state index contributed by atoms with van der Waals surface area (Å²) >= 11 is 0. The number of nitriles is 4. The smallest absolute Gasteiger partial charge is 0.180 e. The Bertz CT molecular complexity index is 3030. The van der Waals surface area contributed by atoms with Gasteiger partial charge in [-0.05, 0) is 42.0 Å². The normalized spacial score (nSPS) is 10.9. The summed E-state index contributed by atoms with van der Waals surface area (Å²) in [4.78, 5) is 15.1. The van der Waals surface area contributed by atoms with Gasteiger partial charge in [-0.2, -0.15) is 21.0 Å². The molecule has 7 nitrogen and oxygen atoms in total. The molecular formula is C43H17F4N7. The minimum atomic E-state index is -1.80. The van der Waals surface area contributed by atoms with Gasteiger partial charge in [0.25, 0.3) is 0 Å². The average molecular weight is 708 g/mol. The summed E-state index contributed by atoms with van der Waals surface area (Å²) in [5.41, 5.74) is 2.95. The van der Waals surface area contributed by atoms with E-state index in [1.54, 1.807) is 66.7 Å². The fourth-order valence-corrected chi connectivity index (χ4v) is 6.54. The minimum absolute atomic E-state index is 0.194. The predicted octanol–water partition coefficient (Wildman–Crippen LogP) is 10.0. The lowest BCUT2D eigenvalue weighted by molar-refractivity contribution is 0.454. The second kappa shape index (κ2) is 13.0. The van der Waals surface area contributed by atoms with Crippen molar-refractivity contribution in [1.29, 1.82) is 21.0 Å². The summed E-state index contributed by atoms with van der Waals surface area (Å²) in [7, 11) is 0. The molecule has 2 heterocycles. The van der Waals surface area contributed by atoms with E-state index < -0.39 is 34.4 Å². The molecule has 0 saturated carbocycles. The number of nitrogens with zero attached hydrogens (tertiary/aromatic N) is 7. The lowest BCUT2D eigenvalue weighted by atomic mass is 9.93. The van der Waals surface area contributed by atoms with Crippen molar-refractivity contribution in [2.45, 2.75) is 0 Å². The molecular weight excluding hydrogens is 691 g/mol. The maximum atomic E-state index is 15.0. The van der Waals surface area contributed by atoms with Gasteiger partial charge in [0, 0.05) is 32.8 Å². The number of fused-ring (bicyclic) bond motifs is 5. The van der Waals surface area contributed by atoms with Crippen LogP contribution in [0.25, 0.3) is 77.6 Å². The predicted molar refractivity (Wildman–Crippen MR) is 193 cm³/mol. The topological polar surface area (TPSA) is 134 Å². The van der Waals surface area contributed by atoms with Crippen LogP contribution in [0.5, 0.6) is 0 Å². The summed E-state index contributed by atoms with van der Waals surface area (Å²) < 4.78 is 59.0. The van der Waals surface area contributed by atoms with Gasteiger partial charge < -0.3 is 0 Å². The lowest BCUT2D eigenvalue weighted by Gasteiger charge is -2.16. The van der Waals surface area contributed by atoms with Crippen molar-refractivity contribution in [3.8, 4) is 69.2 Å². The molecule has 0 aliphatic carbocycles. The molecule has 0 amide bonds. The summed E-state index contributed by atoms with van der Waals surface area (Å²) in [5.74, 6) is -7.01. The van der Waals surface area contributed by atoms with E-state index in [1.165, 1.54) is 24.3 Å². The molecule has 0 fully saturated rings. The lowest BCUT2D eigenvalue weighted by Crippen LogP contribution is -2.03. The van der Waals surface area contributed by atoms with E-state index in [-0.39, 0.29) is 11.1 Å². The van der Waals surface area contributed by atoms with E-state index in [9.17, 15) is 33.3 Å². The zero-order chi connectivity index (χ0) is 37.7. The van der Waals surface area contributed by atoms with Crippen molar-refractivity contribution in [3.63, 3.8) is 0 Å². The van der Waals surface area contributed by atoms with Crippen molar-refractivity contribution in [2.75, 3.05) is 0 Å². The standard InChI is InChI=1S/C43H17F4N7/c44-36-30(21-51)37(45)39(47)34(38(36)46)24-13-15-25(16-14-24)40-33-28(20-50)17-32-43(35(33)29-3-1-2-4-31(29)52-40)54-42(27-11-7-23(19-49)8-12-27)41(53-32)26-9-5-22(18-48)6-10-26/h1-17H. The molecule has 0 bridgehead atoms. The Balaban J connectivity index is 1.42. The van der Waals surface area contributed by atoms with Crippen LogP contribution >= 0.6 is 0 Å². The van der Waals surface area contributed by atoms with E-state index in [4.69, 9.17) is 20.2 Å². The van der Waals surface area contributed by atoms with Crippen molar-refractivity contribution < 1.29 is 17.6 Å². The molecule has 0 saturated heterocycles. The highest BCUT2D eigenvalue weighted by Gasteiger charge is 2.27. The van der Waals surface area contributed by atoms with Crippen molar-refractivity contribution in [3.05, 3.63) is 149 Å². The van der Waals surface area contributed by atoms with Gasteiger partial charge >= 0.3 is 0 Å². The quantitative estimate of drug-likeness (QED) is 0.101. The third-order valence-corrected chi connectivity index (χ3v) is 9.12. The Hall–Kier alpha value is -7.99. The van der Waals surface area contributed by atoms with Gasteiger partial charge in [-0.3, -0.25) is 0 Å². The van der Waals surface area contributed by atoms with Crippen LogP contribution in [-0.4, -0.2) is 15.0 Å². The van der Waals surface area contributed by atoms with E-state index in [0.29, 0.717) is 77.6 Å². The maximum Gasteiger partial charge on any atom is 0.180 e. The van der Waals surface area contributed by atoms with Gasteiger partial charge in [-0.25, -0.2) is 32.5 Å². The Kier molecular flexibility index (Phi) is 7.96. The number of hydrogen-bond donors (Lipinski definition) is 0. The van der Waals surface area contributed by atoms with Crippen LogP contribution in [-0.2, 0) is 0 Å². The first-order valence-corrected chi connectivity index (χ1v) is 16.1. The second-order valence-electron chi connectivity index (χ2n) is 12.1. The largest absolute Gasteiger partial charge is 0.247 e. The molecule has 8 aromatic rings. The third-order valence-electron chi connectivity index (χ3n) is 9.12. The van der Waals surface area contributed by atoms with Gasteiger partial charge in [0.05, 0.1) is 74.1 Å². The molecule has 0 radical (unpaired) electrons. The summed E-state index contributed by atoms with van der Waals surface area (Å²) in [6, 6.07) is 35.6. The molecule has 6 aromatic carbocycles. The fourth-order valence-electron chi connectivity index (χ4n) is 6.54. The SMILES string of the molecule is N#Cc1ccc(-c2nc3cc(C#N)c4c(-c5ccc(-c6c(F)c(F)c(C#N)c(F)c6F)cc5)nc5ccccc5c4c3nc2-c2ccc(C#N)cc2)cc1. The summed E-state index contributed by atoms with van der Waals surface area (Å²) in [5, 5.41) is 40.0. The van der Waals surface area contributed by atoms with Crippen LogP contribution in [0, 0.1) is 68.6 Å². The van der Waals surface area contributed by atoms with Gasteiger partial charge in [-0.1, -0.05) is 66.7 Å². The minimum Gasteiger partial charge on any atom is -0.247 e. The average Bonchev–Trinajstić information content (AvgIpc) is 3.22. The van der Waals surface area contributed by atoms with Crippen LogP contribution in [0.1, 0.15) is 22.3 Å². The zero-order valence-corrected chi connectivity index (χ0v) is 27.5. The molecule has 54 heavy (non-hydrogen) atoms. The molecule has 11 heteroatoms. The Morgan fingerprint density at radius 1 is 0.444 bits per heavy atom. The van der Waals surface area contributed by atoms with Crippen LogP contribution in [0.15, 0.2) is 103 Å². The monoisotopic (exact) mass is 707 g/mol. The van der Waals surface area contributed by atoms with Crippen LogP contribution in [0.4, 0.5) is 17.6 Å². The van der Waals surface area contributed by atoms with E-state index >= 15 is 0 Å². The summed E-state index contributed by atoms with van der Waals surface area (Å²) in [6.07, 6.45) is 0. The number of benzene rings is 6. The molecule has 0 N–H and O–H groups in total. The van der Waals surface area contributed by atoms with Crippen LogP contribution in [0.3, 0.4) is 0 Å². The van der Waals surface area contributed by atoms with E-state index in [2.05, 4.69) is 18.2 Å². The molecule has 0 aliphatic rings. The number of para-hydroxylation sites is 1. The molecule has 252 valence electrons. The van der Waals surface area contributed by atoms with Crippen LogP contribution < -0.4 is 0 Å². The number of hydrogen-bond acceptors (Lipinski definition) is 7. The first-order chi connectivity index (χ1) is 26.3. The highest BCUT2D eigenvalue weighted by molar-refractivity contribution is 6.22. The Morgan fingerprint density at radius 2 is 0.944 bits per heavy atom. The van der Waals surface area contributed by atoms with Crippen molar-refractivity contribution in [1.82, 2.24) is 15.0 Å². The number of halogens is 4. The molecule has 0 spiro atoms. The highest BCUT2D eigenvalue weighted by atomic mass is 19.2. The van der Waals surface area contributed by atoms with E-state index in [0.717, 1.165) is 6.07 Å². The number of rotatable bonds is 4. The summed E-state index contributed by atoms with van der Waals surface area (Å²) in [6.45, 7) is 0. The molecule has 0 aliphatic heterocycles. The first-order valence-electron chi connectivity index (χ1n) is 16.1. The van der Waals surface area contributed by atoms with Crippen LogP contribution in [0.2, 0.25) is 0 Å². The molecule has 0 atom stereocenters. The second-order valence-corrected chi connectivity index (χ2v) is 12.1. The van der Waals surface area contributed by atoms with Gasteiger partial charge in [-0.15, -0.1) is 0 Å². The Morgan fingerprint density at radius 3 is 1.50 bits per heavy atom. The van der Waals surface area contributed by atoms with E-state index in [1.807, 2.05) is 12.1 Å². The molecule has 0 unspecified atom stereocenters. The van der Waals surface area contributed by atoms with Crippen molar-refractivity contribution in [2.24, 2.45) is 0 Å². The first kappa shape index (κ1) is 33.2. The van der Waals surface area contributed by atoms with Crippen molar-refractivity contribution >= 4 is 32.7 Å². The fraction of sp³-hybridized carbons (Fsp3) is 0. The van der Waals surface area contributed by atoms with Gasteiger partial charge in [0.2, 0.25) is 0 Å². The third kappa shape index (κ3) is 5.21. The van der Waals surface area contributed by atoms with Gasteiger partial charge in [0.15, 0.2) is 23.3 Å². The zero-order valence-electron chi connectivity index (χ0n) is 27.5.